The molecule has 6 nitrogen and oxygen atoms in total. The number of benzene rings is 2. The first-order chi connectivity index (χ1) is 11.2. The summed E-state index contributed by atoms with van der Waals surface area (Å²) in [6, 6.07) is 11.3. The van der Waals surface area contributed by atoms with E-state index in [1.165, 1.54) is 24.3 Å². The number of anilines is 2. The van der Waals surface area contributed by atoms with Crippen molar-refractivity contribution in [1.82, 2.24) is 0 Å². The van der Waals surface area contributed by atoms with Gasteiger partial charge in [-0.15, -0.1) is 0 Å². The zero-order valence-corrected chi connectivity index (χ0v) is 14.6. The van der Waals surface area contributed by atoms with Gasteiger partial charge in [0.15, 0.2) is 0 Å². The molecule has 0 aliphatic carbocycles. The Morgan fingerprint density at radius 3 is 2.29 bits per heavy atom. The zero-order chi connectivity index (χ0) is 17.9. The van der Waals surface area contributed by atoms with E-state index in [-0.39, 0.29) is 10.8 Å². The van der Waals surface area contributed by atoms with Crippen molar-refractivity contribution in [3.8, 4) is 0 Å². The van der Waals surface area contributed by atoms with Crippen molar-refractivity contribution in [1.29, 1.82) is 0 Å². The van der Waals surface area contributed by atoms with Crippen molar-refractivity contribution in [3.63, 3.8) is 0 Å². The van der Waals surface area contributed by atoms with E-state index in [1.807, 2.05) is 32.0 Å². The van der Waals surface area contributed by atoms with Crippen LogP contribution in [-0.2, 0) is 14.8 Å². The average molecular weight is 347 g/mol. The fourth-order valence-corrected chi connectivity index (χ4v) is 2.68. The Morgan fingerprint density at radius 1 is 1.08 bits per heavy atom. The molecular weight excluding hydrogens is 326 g/mol. The van der Waals surface area contributed by atoms with Gasteiger partial charge >= 0.3 is 0 Å². The van der Waals surface area contributed by atoms with Gasteiger partial charge in [0.05, 0.1) is 4.90 Å². The van der Waals surface area contributed by atoms with E-state index in [2.05, 4.69) is 10.6 Å². The first kappa shape index (κ1) is 18.0. The molecule has 0 aliphatic rings. The minimum Gasteiger partial charge on any atom is -0.374 e. The standard InChI is InChI=1S/C17H21N3O3S/c1-11-4-5-12(2)16(10-11)19-13(3)17(21)20-14-6-8-15(9-7-14)24(18,22)23/h4-10,13,19H,1-3H3,(H,20,21)(H2,18,22,23). The summed E-state index contributed by atoms with van der Waals surface area (Å²) < 4.78 is 22.4. The van der Waals surface area contributed by atoms with Crippen LogP contribution in [0.5, 0.6) is 0 Å². The number of hydrogen-bond acceptors (Lipinski definition) is 4. The second kappa shape index (κ2) is 7.02. The first-order valence-electron chi connectivity index (χ1n) is 7.44. The van der Waals surface area contributed by atoms with Gasteiger partial charge in [-0.05, 0) is 62.2 Å². The maximum Gasteiger partial charge on any atom is 0.246 e. The quantitative estimate of drug-likeness (QED) is 0.773. The molecule has 0 spiro atoms. The number of aryl methyl sites for hydroxylation is 2. The van der Waals surface area contributed by atoms with Crippen molar-refractivity contribution in [2.75, 3.05) is 10.6 Å². The summed E-state index contributed by atoms with van der Waals surface area (Å²) in [7, 11) is -3.74. The van der Waals surface area contributed by atoms with Crippen LogP contribution in [0.25, 0.3) is 0 Å². The number of rotatable bonds is 5. The molecule has 1 unspecified atom stereocenters. The van der Waals surface area contributed by atoms with Crippen LogP contribution in [-0.4, -0.2) is 20.4 Å². The van der Waals surface area contributed by atoms with E-state index in [0.29, 0.717) is 5.69 Å². The van der Waals surface area contributed by atoms with Gasteiger partial charge < -0.3 is 10.6 Å². The summed E-state index contributed by atoms with van der Waals surface area (Å²) in [6.45, 7) is 5.72. The third kappa shape index (κ3) is 4.56. The maximum atomic E-state index is 12.3. The van der Waals surface area contributed by atoms with Gasteiger partial charge in [0, 0.05) is 11.4 Å². The molecule has 2 aromatic carbocycles. The Hall–Kier alpha value is -2.38. The molecule has 0 fully saturated rings. The van der Waals surface area contributed by atoms with Gasteiger partial charge in [0.1, 0.15) is 6.04 Å². The lowest BCUT2D eigenvalue weighted by Crippen LogP contribution is -2.32. The van der Waals surface area contributed by atoms with Crippen molar-refractivity contribution >= 4 is 27.3 Å². The molecule has 0 aliphatic heterocycles. The Labute approximate surface area is 142 Å². The number of nitrogens with one attached hydrogen (secondary N) is 2. The van der Waals surface area contributed by atoms with E-state index in [9.17, 15) is 13.2 Å². The highest BCUT2D eigenvalue weighted by molar-refractivity contribution is 7.89. The number of carbonyl (C=O) groups is 1. The monoisotopic (exact) mass is 347 g/mol. The molecule has 7 heteroatoms. The summed E-state index contributed by atoms with van der Waals surface area (Å²) in [5.74, 6) is -0.223. The highest BCUT2D eigenvalue weighted by Gasteiger charge is 2.14. The van der Waals surface area contributed by atoms with Gasteiger partial charge in [-0.2, -0.15) is 0 Å². The van der Waals surface area contributed by atoms with E-state index in [4.69, 9.17) is 5.14 Å². The smallest absolute Gasteiger partial charge is 0.246 e. The Morgan fingerprint density at radius 2 is 1.71 bits per heavy atom. The topological polar surface area (TPSA) is 101 Å². The lowest BCUT2D eigenvalue weighted by atomic mass is 10.1. The molecule has 24 heavy (non-hydrogen) atoms. The summed E-state index contributed by atoms with van der Waals surface area (Å²) in [4.78, 5) is 12.3. The molecule has 1 atom stereocenters. The Balaban J connectivity index is 2.05. The van der Waals surface area contributed by atoms with Gasteiger partial charge in [-0.1, -0.05) is 12.1 Å². The van der Waals surface area contributed by atoms with E-state index >= 15 is 0 Å². The zero-order valence-electron chi connectivity index (χ0n) is 13.8. The average Bonchev–Trinajstić information content (AvgIpc) is 2.50. The van der Waals surface area contributed by atoms with Crippen LogP contribution in [0.3, 0.4) is 0 Å². The first-order valence-corrected chi connectivity index (χ1v) is 8.99. The summed E-state index contributed by atoms with van der Waals surface area (Å²) in [5.41, 5.74) is 3.57. The van der Waals surface area contributed by atoms with E-state index in [1.54, 1.807) is 6.92 Å². The van der Waals surface area contributed by atoms with E-state index in [0.717, 1.165) is 16.8 Å². The van der Waals surface area contributed by atoms with Crippen LogP contribution in [0.4, 0.5) is 11.4 Å². The summed E-state index contributed by atoms with van der Waals surface area (Å²) >= 11 is 0. The predicted octanol–water partition coefficient (Wildman–Crippen LogP) is 2.39. The van der Waals surface area contributed by atoms with Crippen LogP contribution < -0.4 is 15.8 Å². The number of hydrogen-bond donors (Lipinski definition) is 3. The minimum atomic E-state index is -3.74. The van der Waals surface area contributed by atoms with Crippen molar-refractivity contribution in [2.24, 2.45) is 5.14 Å². The largest absolute Gasteiger partial charge is 0.374 e. The third-order valence-electron chi connectivity index (χ3n) is 3.61. The van der Waals surface area contributed by atoms with Gasteiger partial charge in [0.25, 0.3) is 0 Å². The van der Waals surface area contributed by atoms with E-state index < -0.39 is 16.1 Å². The predicted molar refractivity (Wildman–Crippen MR) is 95.4 cm³/mol. The van der Waals surface area contributed by atoms with Crippen LogP contribution in [0.1, 0.15) is 18.1 Å². The van der Waals surface area contributed by atoms with Crippen molar-refractivity contribution in [2.45, 2.75) is 31.7 Å². The highest BCUT2D eigenvalue weighted by atomic mass is 32.2. The fourth-order valence-electron chi connectivity index (χ4n) is 2.17. The Kier molecular flexibility index (Phi) is 5.26. The second-order valence-electron chi connectivity index (χ2n) is 5.74. The van der Waals surface area contributed by atoms with Crippen LogP contribution in [0.15, 0.2) is 47.4 Å². The molecular formula is C17H21N3O3S. The lowest BCUT2D eigenvalue weighted by molar-refractivity contribution is -0.116. The SMILES string of the molecule is Cc1ccc(C)c(NC(C)C(=O)Nc2ccc(S(N)(=O)=O)cc2)c1. The normalized spacial score (nSPS) is 12.5. The van der Waals surface area contributed by atoms with Crippen LogP contribution in [0, 0.1) is 13.8 Å². The van der Waals surface area contributed by atoms with Gasteiger partial charge in [-0.25, -0.2) is 13.6 Å². The highest BCUT2D eigenvalue weighted by Crippen LogP contribution is 2.18. The molecule has 1 amide bonds. The van der Waals surface area contributed by atoms with Gasteiger partial charge in [0.2, 0.25) is 15.9 Å². The number of nitrogens with two attached hydrogens (primary N) is 1. The molecule has 0 saturated carbocycles. The molecule has 2 rings (SSSR count). The Bertz CT molecular complexity index is 846. The number of primary sulfonamides is 1. The molecule has 0 aromatic heterocycles. The van der Waals surface area contributed by atoms with Crippen molar-refractivity contribution in [3.05, 3.63) is 53.6 Å². The third-order valence-corrected chi connectivity index (χ3v) is 4.54. The molecule has 2 aromatic rings. The molecule has 0 radical (unpaired) electrons. The second-order valence-corrected chi connectivity index (χ2v) is 7.30. The summed E-state index contributed by atoms with van der Waals surface area (Å²) in [6.07, 6.45) is 0. The molecule has 0 bridgehead atoms. The van der Waals surface area contributed by atoms with Crippen LogP contribution in [0.2, 0.25) is 0 Å². The number of sulfonamides is 1. The molecule has 0 saturated heterocycles. The number of amides is 1. The maximum absolute atomic E-state index is 12.3. The van der Waals surface area contributed by atoms with Gasteiger partial charge in [-0.3, -0.25) is 4.79 Å². The molecule has 0 heterocycles. The van der Waals surface area contributed by atoms with Crippen molar-refractivity contribution < 1.29 is 13.2 Å². The fraction of sp³-hybridized carbons (Fsp3) is 0.235. The summed E-state index contributed by atoms with van der Waals surface area (Å²) in [5, 5.41) is 11.0. The van der Waals surface area contributed by atoms with Crippen LogP contribution >= 0.6 is 0 Å². The minimum absolute atomic E-state index is 0.00191. The number of carbonyl (C=O) groups excluding carboxylic acids is 1. The molecule has 128 valence electrons. The lowest BCUT2D eigenvalue weighted by Gasteiger charge is -2.17. The molecule has 4 N–H and O–H groups in total.